The number of rotatable bonds is 4. The minimum absolute atomic E-state index is 0.0152. The minimum Gasteiger partial charge on any atom is -0.283 e. The zero-order chi connectivity index (χ0) is 20.4. The van der Waals surface area contributed by atoms with Gasteiger partial charge in [-0.3, -0.25) is 19.8 Å². The van der Waals surface area contributed by atoms with Crippen molar-refractivity contribution in [2.45, 2.75) is 45.1 Å². The highest BCUT2D eigenvalue weighted by Crippen LogP contribution is 2.39. The maximum absolute atomic E-state index is 13.3. The third-order valence-electron chi connectivity index (χ3n) is 4.99. The first-order chi connectivity index (χ1) is 14.0. The average Bonchev–Trinajstić information content (AvgIpc) is 3.26. The summed E-state index contributed by atoms with van der Waals surface area (Å²) >= 11 is 2.71. The molecule has 0 bridgehead atoms. The van der Waals surface area contributed by atoms with Crippen molar-refractivity contribution < 1.29 is 9.72 Å². The number of hydrogen-bond donors (Lipinski definition) is 0. The second-order valence-corrected chi connectivity index (χ2v) is 8.91. The van der Waals surface area contributed by atoms with Crippen LogP contribution in [0.15, 0.2) is 39.5 Å². The smallest absolute Gasteiger partial charge is 0.276 e. The highest BCUT2D eigenvalue weighted by atomic mass is 32.2. The number of carbonyl (C=O) groups excluding carboxylic acids is 1. The lowest BCUT2D eigenvalue weighted by atomic mass is 9.94. The summed E-state index contributed by atoms with van der Waals surface area (Å²) in [5.74, 6) is -0.132. The highest BCUT2D eigenvalue weighted by molar-refractivity contribution is 8.18. The van der Waals surface area contributed by atoms with Gasteiger partial charge in [-0.15, -0.1) is 11.3 Å². The monoisotopic (exact) mass is 428 g/mol. The molecule has 2 aliphatic rings. The molecule has 0 N–H and O–H groups in total. The van der Waals surface area contributed by atoms with Crippen molar-refractivity contribution in [3.05, 3.63) is 55.9 Å². The van der Waals surface area contributed by atoms with Gasteiger partial charge >= 0.3 is 0 Å². The number of thioether (sulfide) groups is 1. The van der Waals surface area contributed by atoms with Gasteiger partial charge in [0.2, 0.25) is 5.13 Å². The number of nitro groups is 1. The van der Waals surface area contributed by atoms with E-state index in [-0.39, 0.29) is 17.6 Å². The molecule has 0 radical (unpaired) electrons. The van der Waals surface area contributed by atoms with Gasteiger partial charge in [0.15, 0.2) is 5.17 Å². The molecular weight excluding hydrogens is 408 g/mol. The second kappa shape index (κ2) is 8.46. The first-order valence-corrected chi connectivity index (χ1v) is 11.2. The van der Waals surface area contributed by atoms with Crippen molar-refractivity contribution >= 4 is 51.1 Å². The zero-order valence-corrected chi connectivity index (χ0v) is 17.5. The van der Waals surface area contributed by atoms with E-state index in [1.807, 2.05) is 12.3 Å². The van der Waals surface area contributed by atoms with Gasteiger partial charge in [0.1, 0.15) is 0 Å². The fourth-order valence-electron chi connectivity index (χ4n) is 3.62. The van der Waals surface area contributed by atoms with Crippen molar-refractivity contribution in [3.8, 4) is 0 Å². The number of benzene rings is 1. The summed E-state index contributed by atoms with van der Waals surface area (Å²) in [4.78, 5) is 35.5. The van der Waals surface area contributed by atoms with E-state index in [1.165, 1.54) is 35.6 Å². The predicted octanol–water partition coefficient (Wildman–Crippen LogP) is 5.30. The average molecular weight is 429 g/mol. The molecule has 29 heavy (non-hydrogen) atoms. The molecule has 1 aromatic carbocycles. The summed E-state index contributed by atoms with van der Waals surface area (Å²) in [6.45, 7) is 1.91. The molecule has 1 saturated carbocycles. The van der Waals surface area contributed by atoms with E-state index in [0.717, 1.165) is 31.4 Å². The molecule has 0 spiro atoms. The van der Waals surface area contributed by atoms with Crippen LogP contribution < -0.4 is 0 Å². The molecule has 2 aromatic rings. The third kappa shape index (κ3) is 4.25. The van der Waals surface area contributed by atoms with Crippen molar-refractivity contribution in [3.63, 3.8) is 0 Å². The molecular formula is C20H20N4O3S2. The lowest BCUT2D eigenvalue weighted by Crippen LogP contribution is -2.40. The van der Waals surface area contributed by atoms with Crippen LogP contribution >= 0.6 is 23.1 Å². The first kappa shape index (κ1) is 19.8. The minimum atomic E-state index is -0.428. The molecule has 1 amide bonds. The van der Waals surface area contributed by atoms with Gasteiger partial charge in [-0.05, 0) is 43.7 Å². The van der Waals surface area contributed by atoms with Gasteiger partial charge in [-0.2, -0.15) is 4.99 Å². The van der Waals surface area contributed by atoms with Gasteiger partial charge in [0.05, 0.1) is 21.1 Å². The molecule has 1 saturated heterocycles. The fraction of sp³-hybridized carbons (Fsp3) is 0.350. The van der Waals surface area contributed by atoms with Crippen LogP contribution in [0.25, 0.3) is 6.08 Å². The Kier molecular flexibility index (Phi) is 5.77. The van der Waals surface area contributed by atoms with E-state index < -0.39 is 4.92 Å². The molecule has 1 aliphatic carbocycles. The summed E-state index contributed by atoms with van der Waals surface area (Å²) in [5.41, 5.74) is 1.30. The van der Waals surface area contributed by atoms with Crippen LogP contribution in [-0.2, 0) is 4.79 Å². The van der Waals surface area contributed by atoms with Crippen LogP contribution in [-0.4, -0.2) is 31.9 Å². The number of aromatic nitrogens is 1. The second-order valence-electron chi connectivity index (χ2n) is 7.06. The number of hydrogen-bond acceptors (Lipinski definition) is 7. The molecule has 9 heteroatoms. The number of aryl methyl sites for hydroxylation is 1. The van der Waals surface area contributed by atoms with Crippen LogP contribution in [0, 0.1) is 17.0 Å². The Hall–Kier alpha value is -2.52. The lowest BCUT2D eigenvalue weighted by molar-refractivity contribution is -0.385. The summed E-state index contributed by atoms with van der Waals surface area (Å²) in [6, 6.07) is 6.57. The molecule has 1 aromatic heterocycles. The maximum atomic E-state index is 13.3. The molecule has 0 unspecified atom stereocenters. The van der Waals surface area contributed by atoms with Gasteiger partial charge in [-0.1, -0.05) is 31.4 Å². The van der Waals surface area contributed by atoms with Gasteiger partial charge in [-0.25, -0.2) is 4.98 Å². The fourth-order valence-corrected chi connectivity index (χ4v) is 5.37. The molecule has 150 valence electrons. The quantitative estimate of drug-likeness (QED) is 0.375. The van der Waals surface area contributed by atoms with Crippen molar-refractivity contribution in [2.75, 3.05) is 0 Å². The van der Waals surface area contributed by atoms with E-state index >= 15 is 0 Å². The molecule has 2 heterocycles. The van der Waals surface area contributed by atoms with Gasteiger partial charge in [0.25, 0.3) is 11.6 Å². The topological polar surface area (TPSA) is 88.7 Å². The number of amidine groups is 1. The van der Waals surface area contributed by atoms with Crippen LogP contribution in [0.1, 0.15) is 43.4 Å². The Bertz CT molecular complexity index is 1010. The van der Waals surface area contributed by atoms with Gasteiger partial charge in [0, 0.05) is 17.5 Å². The summed E-state index contributed by atoms with van der Waals surface area (Å²) < 4.78 is 0. The number of nitro benzene ring substituents is 1. The molecule has 7 nitrogen and oxygen atoms in total. The molecule has 0 atom stereocenters. The third-order valence-corrected chi connectivity index (χ3v) is 6.83. The van der Waals surface area contributed by atoms with E-state index in [0.29, 0.717) is 20.8 Å². The summed E-state index contributed by atoms with van der Waals surface area (Å²) in [7, 11) is 0. The number of nitrogens with zero attached hydrogens (tertiary/aromatic N) is 4. The Morgan fingerprint density at radius 3 is 2.72 bits per heavy atom. The molecule has 2 fully saturated rings. The zero-order valence-electron chi connectivity index (χ0n) is 15.9. The Balaban J connectivity index is 1.73. The van der Waals surface area contributed by atoms with E-state index in [4.69, 9.17) is 0 Å². The first-order valence-electron chi connectivity index (χ1n) is 9.50. The standard InChI is InChI=1S/C20H20N4O3S2/c1-13-12-28-19(21-13)22-20-23(15-8-3-2-4-9-15)18(25)17(29-20)11-14-7-5-6-10-16(14)24(26)27/h5-7,10-12,15H,2-4,8-9H2,1H3/b17-11-,22-20+. The number of aliphatic imine (C=N–C) groups is 1. The van der Waals surface area contributed by atoms with Crippen LogP contribution in [0.4, 0.5) is 10.8 Å². The van der Waals surface area contributed by atoms with E-state index in [1.54, 1.807) is 29.2 Å². The highest BCUT2D eigenvalue weighted by Gasteiger charge is 2.39. The van der Waals surface area contributed by atoms with Crippen molar-refractivity contribution in [1.29, 1.82) is 0 Å². The van der Waals surface area contributed by atoms with Gasteiger partial charge < -0.3 is 0 Å². The summed E-state index contributed by atoms with van der Waals surface area (Å²) in [6.07, 6.45) is 6.86. The van der Waals surface area contributed by atoms with Crippen LogP contribution in [0.5, 0.6) is 0 Å². The Labute approximate surface area is 176 Å². The normalized spacial score (nSPS) is 20.7. The number of thiazole rings is 1. The number of carbonyl (C=O) groups is 1. The Morgan fingerprint density at radius 1 is 1.28 bits per heavy atom. The lowest BCUT2D eigenvalue weighted by Gasteiger charge is -2.30. The SMILES string of the molecule is Cc1csc(/N=C2/S/C(=C\c3ccccc3[N+](=O)[O-])C(=O)N2C2CCCCC2)n1. The van der Waals surface area contributed by atoms with Crippen molar-refractivity contribution in [2.24, 2.45) is 4.99 Å². The number of amides is 1. The summed E-state index contributed by atoms with van der Waals surface area (Å²) in [5, 5.41) is 14.5. The maximum Gasteiger partial charge on any atom is 0.276 e. The molecule has 1 aliphatic heterocycles. The van der Waals surface area contributed by atoms with Crippen molar-refractivity contribution in [1.82, 2.24) is 9.88 Å². The van der Waals surface area contributed by atoms with E-state index in [9.17, 15) is 14.9 Å². The van der Waals surface area contributed by atoms with E-state index in [2.05, 4.69) is 9.98 Å². The van der Waals surface area contributed by atoms with Crippen LogP contribution in [0.3, 0.4) is 0 Å². The van der Waals surface area contributed by atoms with Crippen LogP contribution in [0.2, 0.25) is 0 Å². The largest absolute Gasteiger partial charge is 0.283 e. The Morgan fingerprint density at radius 2 is 2.03 bits per heavy atom. The predicted molar refractivity (Wildman–Crippen MR) is 116 cm³/mol. The number of para-hydroxylation sites is 1. The molecule has 4 rings (SSSR count).